The van der Waals surface area contributed by atoms with Crippen molar-refractivity contribution in [1.82, 2.24) is 4.90 Å². The predicted octanol–water partition coefficient (Wildman–Crippen LogP) is 3.03. The number of hydrogen-bond donors (Lipinski definition) is 1. The molecule has 0 saturated carbocycles. The Labute approximate surface area is 166 Å². The Morgan fingerprint density at radius 1 is 1.11 bits per heavy atom. The zero-order chi connectivity index (χ0) is 19.5. The van der Waals surface area contributed by atoms with Crippen LogP contribution in [0.15, 0.2) is 48.5 Å². The maximum Gasteiger partial charge on any atom is 0.308 e. The minimum absolute atomic E-state index is 0.246. The number of anilines is 1. The number of carbonyl (C=O) groups excluding carboxylic acids is 1. The largest absolute Gasteiger partial charge is 0.427 e. The summed E-state index contributed by atoms with van der Waals surface area (Å²) < 4.78 is 5.18. The van der Waals surface area contributed by atoms with Crippen LogP contribution in [0.2, 0.25) is 0 Å². The first kappa shape index (κ1) is 19.0. The smallest absolute Gasteiger partial charge is 0.308 e. The van der Waals surface area contributed by atoms with E-state index >= 15 is 0 Å². The molecule has 2 unspecified atom stereocenters. The first-order valence-corrected chi connectivity index (χ1v) is 10.1. The van der Waals surface area contributed by atoms with E-state index in [2.05, 4.69) is 40.1 Å². The van der Waals surface area contributed by atoms with E-state index in [1.54, 1.807) is 6.07 Å². The molecule has 0 aromatic heterocycles. The number of aryl methyl sites for hydroxylation is 1. The lowest BCUT2D eigenvalue weighted by Gasteiger charge is -2.39. The van der Waals surface area contributed by atoms with Crippen molar-refractivity contribution < 1.29 is 14.6 Å². The van der Waals surface area contributed by atoms with Gasteiger partial charge in [0.15, 0.2) is 0 Å². The molecule has 1 saturated heterocycles. The third kappa shape index (κ3) is 4.21. The fraction of sp³-hybridized carbons (Fsp3) is 0.435. The maximum atomic E-state index is 11.2. The number of hydrogen-bond acceptors (Lipinski definition) is 5. The van der Waals surface area contributed by atoms with Crippen LogP contribution in [0.1, 0.15) is 30.6 Å². The Hall–Kier alpha value is -2.37. The third-order valence-corrected chi connectivity index (χ3v) is 5.91. The summed E-state index contributed by atoms with van der Waals surface area (Å²) in [4.78, 5) is 16.1. The van der Waals surface area contributed by atoms with Crippen molar-refractivity contribution in [1.29, 1.82) is 0 Å². The number of ether oxygens (including phenoxy) is 1. The average molecular weight is 380 g/mol. The standard InChI is InChI=1S/C23H28N2O3/c1-17(26)28-21-9-10-22-18(15-21)7-8-19(23(22)27)16-24-11-13-25(14-12-24)20-5-3-2-4-6-20/h2-6,9-10,15,19,23,27H,7-8,11-14,16H2,1H3. The average Bonchev–Trinajstić information content (AvgIpc) is 2.71. The number of rotatable bonds is 4. The van der Waals surface area contributed by atoms with Gasteiger partial charge in [0.25, 0.3) is 0 Å². The second-order valence-electron chi connectivity index (χ2n) is 7.82. The van der Waals surface area contributed by atoms with Gasteiger partial charge in [-0.1, -0.05) is 24.3 Å². The van der Waals surface area contributed by atoms with Gasteiger partial charge in [-0.25, -0.2) is 0 Å². The highest BCUT2D eigenvalue weighted by Crippen LogP contribution is 2.36. The van der Waals surface area contributed by atoms with Gasteiger partial charge in [0.1, 0.15) is 5.75 Å². The molecule has 148 valence electrons. The van der Waals surface area contributed by atoms with Crippen LogP contribution in [0.4, 0.5) is 5.69 Å². The highest BCUT2D eigenvalue weighted by atomic mass is 16.5. The number of nitrogens with zero attached hydrogens (tertiary/aromatic N) is 2. The predicted molar refractivity (Wildman–Crippen MR) is 110 cm³/mol. The molecule has 0 bridgehead atoms. The van der Waals surface area contributed by atoms with Crippen molar-refractivity contribution in [2.45, 2.75) is 25.9 Å². The van der Waals surface area contributed by atoms with Crippen molar-refractivity contribution in [3.05, 3.63) is 59.7 Å². The zero-order valence-electron chi connectivity index (χ0n) is 16.4. The van der Waals surface area contributed by atoms with E-state index in [9.17, 15) is 9.90 Å². The summed E-state index contributed by atoms with van der Waals surface area (Å²) in [6, 6.07) is 16.2. The highest BCUT2D eigenvalue weighted by Gasteiger charge is 2.30. The molecule has 0 amide bonds. The van der Waals surface area contributed by atoms with Gasteiger partial charge in [-0.3, -0.25) is 9.69 Å². The first-order chi connectivity index (χ1) is 13.6. The minimum Gasteiger partial charge on any atom is -0.427 e. The summed E-state index contributed by atoms with van der Waals surface area (Å²) >= 11 is 0. The van der Waals surface area contributed by atoms with Gasteiger partial charge in [-0.15, -0.1) is 0 Å². The van der Waals surface area contributed by atoms with E-state index in [1.807, 2.05) is 12.1 Å². The van der Waals surface area contributed by atoms with Gasteiger partial charge in [0, 0.05) is 51.3 Å². The van der Waals surface area contributed by atoms with Crippen molar-refractivity contribution in [2.24, 2.45) is 5.92 Å². The summed E-state index contributed by atoms with van der Waals surface area (Å²) in [6.07, 6.45) is 1.41. The molecule has 0 spiro atoms. The molecular formula is C23H28N2O3. The molecule has 2 aromatic rings. The summed E-state index contributed by atoms with van der Waals surface area (Å²) in [5.74, 6) is 0.494. The van der Waals surface area contributed by atoms with Gasteiger partial charge < -0.3 is 14.7 Å². The van der Waals surface area contributed by atoms with E-state index in [0.717, 1.165) is 56.7 Å². The summed E-state index contributed by atoms with van der Waals surface area (Å²) in [6.45, 7) is 6.42. The van der Waals surface area contributed by atoms with E-state index < -0.39 is 6.10 Å². The molecule has 28 heavy (non-hydrogen) atoms. The number of aliphatic hydroxyl groups is 1. The summed E-state index contributed by atoms with van der Waals surface area (Å²) in [5, 5.41) is 10.9. The zero-order valence-corrected chi connectivity index (χ0v) is 16.4. The van der Waals surface area contributed by atoms with Crippen LogP contribution in [0.25, 0.3) is 0 Å². The number of para-hydroxylation sites is 1. The van der Waals surface area contributed by atoms with Crippen LogP contribution >= 0.6 is 0 Å². The van der Waals surface area contributed by atoms with Gasteiger partial charge in [0.05, 0.1) is 6.10 Å². The van der Waals surface area contributed by atoms with E-state index in [0.29, 0.717) is 5.75 Å². The molecule has 0 radical (unpaired) electrons. The normalized spacial score (nSPS) is 22.6. The Balaban J connectivity index is 1.35. The lowest BCUT2D eigenvalue weighted by molar-refractivity contribution is -0.131. The number of benzene rings is 2. The fourth-order valence-electron chi connectivity index (χ4n) is 4.42. The second-order valence-corrected chi connectivity index (χ2v) is 7.82. The van der Waals surface area contributed by atoms with Crippen molar-refractivity contribution in [3.8, 4) is 5.75 Å². The monoisotopic (exact) mass is 380 g/mol. The molecule has 2 aromatic carbocycles. The topological polar surface area (TPSA) is 53.0 Å². The SMILES string of the molecule is CC(=O)Oc1ccc2c(c1)CCC(CN1CCN(c3ccccc3)CC1)C2O. The lowest BCUT2D eigenvalue weighted by atomic mass is 9.81. The van der Waals surface area contributed by atoms with Crippen molar-refractivity contribution in [3.63, 3.8) is 0 Å². The molecule has 1 N–H and O–H groups in total. The maximum absolute atomic E-state index is 11.2. The molecule has 4 rings (SSSR count). The third-order valence-electron chi connectivity index (χ3n) is 5.91. The quantitative estimate of drug-likeness (QED) is 0.653. The van der Waals surface area contributed by atoms with E-state index in [-0.39, 0.29) is 11.9 Å². The van der Waals surface area contributed by atoms with Gasteiger partial charge in [-0.2, -0.15) is 0 Å². The van der Waals surface area contributed by atoms with E-state index in [1.165, 1.54) is 12.6 Å². The molecular weight excluding hydrogens is 352 g/mol. The number of fused-ring (bicyclic) bond motifs is 1. The molecule has 1 aliphatic heterocycles. The Kier molecular flexibility index (Phi) is 5.64. The Morgan fingerprint density at radius 2 is 1.86 bits per heavy atom. The van der Waals surface area contributed by atoms with Crippen LogP contribution in [-0.4, -0.2) is 48.7 Å². The molecule has 2 atom stereocenters. The van der Waals surface area contributed by atoms with Gasteiger partial charge >= 0.3 is 5.97 Å². The number of piperazine rings is 1. The van der Waals surface area contributed by atoms with Gasteiger partial charge in [0.2, 0.25) is 0 Å². The summed E-state index contributed by atoms with van der Waals surface area (Å²) in [7, 11) is 0. The van der Waals surface area contributed by atoms with Crippen molar-refractivity contribution in [2.75, 3.05) is 37.6 Å². The van der Waals surface area contributed by atoms with Crippen LogP contribution in [0.5, 0.6) is 5.75 Å². The number of aliphatic hydroxyl groups excluding tert-OH is 1. The fourth-order valence-corrected chi connectivity index (χ4v) is 4.42. The Bertz CT molecular complexity index is 816. The lowest BCUT2D eigenvalue weighted by Crippen LogP contribution is -2.48. The Morgan fingerprint density at radius 3 is 2.57 bits per heavy atom. The molecule has 5 heteroatoms. The minimum atomic E-state index is -0.456. The molecule has 1 aliphatic carbocycles. The summed E-state index contributed by atoms with van der Waals surface area (Å²) in [5.41, 5.74) is 3.36. The molecule has 1 heterocycles. The van der Waals surface area contributed by atoms with Crippen molar-refractivity contribution >= 4 is 11.7 Å². The van der Waals surface area contributed by atoms with Crippen LogP contribution in [-0.2, 0) is 11.2 Å². The molecule has 5 nitrogen and oxygen atoms in total. The van der Waals surface area contributed by atoms with Gasteiger partial charge in [-0.05, 0) is 48.2 Å². The molecule has 2 aliphatic rings. The van der Waals surface area contributed by atoms with E-state index in [4.69, 9.17) is 4.74 Å². The number of esters is 1. The number of carbonyl (C=O) groups is 1. The van der Waals surface area contributed by atoms with Crippen LogP contribution in [0, 0.1) is 5.92 Å². The first-order valence-electron chi connectivity index (χ1n) is 10.1. The highest BCUT2D eigenvalue weighted by molar-refractivity contribution is 5.69. The van der Waals surface area contributed by atoms with Crippen LogP contribution in [0.3, 0.4) is 0 Å². The molecule has 1 fully saturated rings. The van der Waals surface area contributed by atoms with Crippen LogP contribution < -0.4 is 9.64 Å². The second kappa shape index (κ2) is 8.33.